The minimum absolute atomic E-state index is 0.0661. The fourth-order valence-corrected chi connectivity index (χ4v) is 6.60. The van der Waals surface area contributed by atoms with Gasteiger partial charge in [0.2, 0.25) is 0 Å². The van der Waals surface area contributed by atoms with E-state index in [1.54, 1.807) is 0 Å². The molecule has 4 saturated carbocycles. The van der Waals surface area contributed by atoms with Gasteiger partial charge in [0.15, 0.2) is 5.78 Å². The van der Waals surface area contributed by atoms with E-state index < -0.39 is 0 Å². The number of rotatable bonds is 7. The molecule has 4 fully saturated rings. The molecule has 4 nitrogen and oxygen atoms in total. The Hall–Kier alpha value is -2.10. The number of carbonyl (C=O) groups excluding carboxylic acids is 1. The predicted octanol–water partition coefficient (Wildman–Crippen LogP) is 5.22. The lowest BCUT2D eigenvalue weighted by molar-refractivity contribution is -0.145. The first kappa shape index (κ1) is 18.9. The second kappa shape index (κ2) is 7.30. The van der Waals surface area contributed by atoms with E-state index in [-0.39, 0.29) is 12.0 Å². The van der Waals surface area contributed by atoms with E-state index in [0.717, 1.165) is 55.1 Å². The highest BCUT2D eigenvalue weighted by Crippen LogP contribution is 2.60. The first-order chi connectivity index (χ1) is 14.0. The molecule has 4 bridgehead atoms. The number of hydrogen-bond acceptors (Lipinski definition) is 3. The van der Waals surface area contributed by atoms with Crippen molar-refractivity contribution in [2.24, 2.45) is 23.2 Å². The van der Waals surface area contributed by atoms with Gasteiger partial charge >= 0.3 is 0 Å². The third kappa shape index (κ3) is 3.62. The summed E-state index contributed by atoms with van der Waals surface area (Å²) in [6.07, 6.45) is 11.3. The van der Waals surface area contributed by atoms with Crippen LogP contribution in [-0.2, 0) is 11.3 Å². The smallest absolute Gasteiger partial charge is 0.176 e. The van der Waals surface area contributed by atoms with Crippen molar-refractivity contribution >= 4 is 5.78 Å². The molecule has 0 radical (unpaired) electrons. The molecule has 2 aromatic rings. The van der Waals surface area contributed by atoms with Crippen LogP contribution in [0.25, 0.3) is 0 Å². The zero-order chi connectivity index (χ0) is 20.0. The van der Waals surface area contributed by atoms with Crippen LogP contribution >= 0.6 is 0 Å². The molecule has 0 N–H and O–H groups in total. The van der Waals surface area contributed by atoms with Gasteiger partial charge in [0.1, 0.15) is 18.2 Å². The third-order valence-electron chi connectivity index (χ3n) is 7.54. The van der Waals surface area contributed by atoms with Crippen molar-refractivity contribution < 1.29 is 9.53 Å². The van der Waals surface area contributed by atoms with E-state index in [0.29, 0.717) is 11.7 Å². The van der Waals surface area contributed by atoms with Crippen molar-refractivity contribution in [2.75, 3.05) is 6.61 Å². The molecular weight excluding hydrogens is 360 g/mol. The van der Waals surface area contributed by atoms with E-state index in [4.69, 9.17) is 4.74 Å². The second-order valence-corrected chi connectivity index (χ2v) is 10.1. The van der Waals surface area contributed by atoms with Crippen molar-refractivity contribution in [1.82, 2.24) is 9.55 Å². The Morgan fingerprint density at radius 1 is 1.10 bits per heavy atom. The molecule has 4 aliphatic carbocycles. The van der Waals surface area contributed by atoms with Crippen LogP contribution in [0.4, 0.5) is 0 Å². The highest BCUT2D eigenvalue weighted by molar-refractivity contribution is 5.86. The summed E-state index contributed by atoms with van der Waals surface area (Å²) >= 11 is 0. The van der Waals surface area contributed by atoms with Crippen LogP contribution < -0.4 is 4.74 Å². The summed E-state index contributed by atoms with van der Waals surface area (Å²) < 4.78 is 8.13. The lowest BCUT2D eigenvalue weighted by Crippen LogP contribution is -2.51. The van der Waals surface area contributed by atoms with E-state index in [1.165, 1.54) is 24.8 Å². The molecule has 1 aromatic carbocycles. The minimum atomic E-state index is -0.0661. The summed E-state index contributed by atoms with van der Waals surface area (Å²) in [5.41, 5.74) is 1.15. The largest absolute Gasteiger partial charge is 0.486 e. The number of imidazole rings is 1. The molecule has 0 saturated heterocycles. The Morgan fingerprint density at radius 3 is 2.31 bits per heavy atom. The molecule has 4 heteroatoms. The van der Waals surface area contributed by atoms with Crippen LogP contribution in [0.2, 0.25) is 0 Å². The first-order valence-electron chi connectivity index (χ1n) is 11.3. The monoisotopic (exact) mass is 392 g/mol. The zero-order valence-corrected chi connectivity index (χ0v) is 17.6. The number of carbonyl (C=O) groups is 1. The minimum Gasteiger partial charge on any atom is -0.486 e. The van der Waals surface area contributed by atoms with Crippen molar-refractivity contribution in [1.29, 1.82) is 0 Å². The summed E-state index contributed by atoms with van der Waals surface area (Å²) in [4.78, 5) is 17.6. The molecule has 0 unspecified atom stereocenters. The SMILES string of the molecule is CC(C)c1nccn1Cc1ccc(OCC(=O)C23CC4CC(CC(C4)C2)C3)cc1. The summed E-state index contributed by atoms with van der Waals surface area (Å²) in [6, 6.07) is 8.17. The Morgan fingerprint density at radius 2 is 1.72 bits per heavy atom. The van der Waals surface area contributed by atoms with Gasteiger partial charge in [-0.15, -0.1) is 0 Å². The summed E-state index contributed by atoms with van der Waals surface area (Å²) in [6.45, 7) is 5.36. The van der Waals surface area contributed by atoms with Gasteiger partial charge in [-0.05, 0) is 74.0 Å². The van der Waals surface area contributed by atoms with E-state index in [2.05, 4.69) is 35.5 Å². The molecular formula is C25H32N2O2. The number of Topliss-reactive ketones (excluding diaryl/α,β-unsaturated/α-hetero) is 1. The first-order valence-corrected chi connectivity index (χ1v) is 11.3. The maximum atomic E-state index is 13.1. The lowest BCUT2D eigenvalue weighted by Gasteiger charge is -2.55. The average molecular weight is 393 g/mol. The number of aromatic nitrogens is 2. The third-order valence-corrected chi connectivity index (χ3v) is 7.54. The number of hydrogen-bond donors (Lipinski definition) is 0. The summed E-state index contributed by atoms with van der Waals surface area (Å²) in [5.74, 6) is 5.03. The molecule has 0 atom stereocenters. The Kier molecular flexibility index (Phi) is 4.76. The Bertz CT molecular complexity index is 845. The molecule has 0 amide bonds. The zero-order valence-electron chi connectivity index (χ0n) is 17.6. The fraction of sp³-hybridized carbons (Fsp3) is 0.600. The predicted molar refractivity (Wildman–Crippen MR) is 113 cm³/mol. The van der Waals surface area contributed by atoms with Gasteiger partial charge in [-0.3, -0.25) is 4.79 Å². The lowest BCUT2D eigenvalue weighted by atomic mass is 9.48. The van der Waals surface area contributed by atoms with Crippen LogP contribution in [-0.4, -0.2) is 21.9 Å². The molecule has 154 valence electrons. The van der Waals surface area contributed by atoms with Crippen molar-refractivity contribution in [3.05, 3.63) is 48.0 Å². The highest BCUT2D eigenvalue weighted by atomic mass is 16.5. The van der Waals surface area contributed by atoms with Gasteiger partial charge in [0.25, 0.3) is 0 Å². The van der Waals surface area contributed by atoms with Crippen molar-refractivity contribution in [3.63, 3.8) is 0 Å². The van der Waals surface area contributed by atoms with Gasteiger partial charge in [-0.1, -0.05) is 26.0 Å². The van der Waals surface area contributed by atoms with E-state index >= 15 is 0 Å². The second-order valence-electron chi connectivity index (χ2n) is 10.1. The number of nitrogens with zero attached hydrogens (tertiary/aromatic N) is 2. The number of ether oxygens (including phenoxy) is 1. The normalized spacial score (nSPS) is 30.1. The average Bonchev–Trinajstić information content (AvgIpc) is 3.14. The van der Waals surface area contributed by atoms with Gasteiger partial charge in [-0.2, -0.15) is 0 Å². The van der Waals surface area contributed by atoms with Crippen LogP contribution in [0.5, 0.6) is 5.75 Å². The van der Waals surface area contributed by atoms with Gasteiger partial charge in [0, 0.05) is 30.3 Å². The van der Waals surface area contributed by atoms with Crippen LogP contribution in [0.1, 0.15) is 69.7 Å². The Balaban J connectivity index is 1.20. The summed E-state index contributed by atoms with van der Waals surface area (Å²) in [7, 11) is 0. The molecule has 6 rings (SSSR count). The highest BCUT2D eigenvalue weighted by Gasteiger charge is 2.54. The van der Waals surface area contributed by atoms with Gasteiger partial charge < -0.3 is 9.30 Å². The van der Waals surface area contributed by atoms with Crippen LogP contribution in [0, 0.1) is 23.2 Å². The van der Waals surface area contributed by atoms with Crippen LogP contribution in [0.3, 0.4) is 0 Å². The Labute approximate surface area is 173 Å². The topological polar surface area (TPSA) is 44.1 Å². The van der Waals surface area contributed by atoms with Crippen molar-refractivity contribution in [2.45, 2.75) is 64.8 Å². The molecule has 1 heterocycles. The molecule has 29 heavy (non-hydrogen) atoms. The molecule has 1 aromatic heterocycles. The molecule has 0 aliphatic heterocycles. The summed E-state index contributed by atoms with van der Waals surface area (Å²) in [5, 5.41) is 0. The maximum absolute atomic E-state index is 13.1. The number of ketones is 1. The van der Waals surface area contributed by atoms with Gasteiger partial charge in [-0.25, -0.2) is 4.98 Å². The number of benzene rings is 1. The quantitative estimate of drug-likeness (QED) is 0.649. The van der Waals surface area contributed by atoms with E-state index in [9.17, 15) is 4.79 Å². The standard InChI is InChI=1S/C25H32N2O2/c1-17(2)24-26-7-8-27(24)15-18-3-5-22(6-4-18)29-16-23(28)25-12-19-9-20(13-25)11-21(10-19)14-25/h3-8,17,19-21H,9-16H2,1-2H3. The molecule has 0 spiro atoms. The molecule has 4 aliphatic rings. The van der Waals surface area contributed by atoms with E-state index in [1.807, 2.05) is 24.5 Å². The van der Waals surface area contributed by atoms with Crippen molar-refractivity contribution in [3.8, 4) is 5.75 Å². The maximum Gasteiger partial charge on any atom is 0.176 e. The van der Waals surface area contributed by atoms with Gasteiger partial charge in [0.05, 0.1) is 0 Å². The van der Waals surface area contributed by atoms with Crippen LogP contribution in [0.15, 0.2) is 36.7 Å². The fourth-order valence-electron chi connectivity index (χ4n) is 6.60.